The highest BCUT2D eigenvalue weighted by atomic mass is 32.2. The fourth-order valence-electron chi connectivity index (χ4n) is 1.54. The van der Waals surface area contributed by atoms with Crippen LogP contribution in [-0.4, -0.2) is 48.0 Å². The molecule has 8 heteroatoms. The van der Waals surface area contributed by atoms with E-state index in [0.717, 1.165) is 0 Å². The van der Waals surface area contributed by atoms with Gasteiger partial charge >= 0.3 is 10.3 Å². The van der Waals surface area contributed by atoms with E-state index < -0.39 is 16.2 Å². The van der Waals surface area contributed by atoms with Crippen LogP contribution in [0.5, 0.6) is 0 Å². The van der Waals surface area contributed by atoms with E-state index in [1.807, 2.05) is 0 Å². The van der Waals surface area contributed by atoms with Crippen molar-refractivity contribution in [2.24, 2.45) is 5.73 Å². The molecule has 0 aromatic carbocycles. The number of allylic oxidation sites excluding steroid dienone is 1. The van der Waals surface area contributed by atoms with E-state index in [2.05, 4.69) is 0 Å². The first-order chi connectivity index (χ1) is 8.75. The van der Waals surface area contributed by atoms with E-state index in [1.54, 1.807) is 13.8 Å². The van der Waals surface area contributed by atoms with Gasteiger partial charge in [-0.3, -0.25) is 9.35 Å². The van der Waals surface area contributed by atoms with Gasteiger partial charge in [0.15, 0.2) is 0 Å². The third-order valence-corrected chi connectivity index (χ3v) is 3.42. The van der Waals surface area contributed by atoms with Gasteiger partial charge < -0.3 is 10.8 Å². The minimum Gasteiger partial charge on any atom is -0.396 e. The lowest BCUT2D eigenvalue weighted by Crippen LogP contribution is -2.38. The molecule has 0 aliphatic carbocycles. The van der Waals surface area contributed by atoms with Crippen molar-refractivity contribution in [2.75, 3.05) is 19.7 Å². The van der Waals surface area contributed by atoms with Crippen molar-refractivity contribution < 1.29 is 22.9 Å². The highest BCUT2D eigenvalue weighted by Crippen LogP contribution is 2.16. The number of hydrogen-bond acceptors (Lipinski definition) is 5. The third kappa shape index (κ3) is 6.15. The van der Waals surface area contributed by atoms with Crippen LogP contribution in [0, 0.1) is 0 Å². The van der Waals surface area contributed by atoms with Gasteiger partial charge in [-0.2, -0.15) is 8.42 Å². The fraction of sp³-hybridized carbons (Fsp3) is 0.727. The molecule has 0 unspecified atom stereocenters. The molecule has 7 nitrogen and oxygen atoms in total. The Labute approximate surface area is 114 Å². The zero-order chi connectivity index (χ0) is 15.1. The van der Waals surface area contributed by atoms with Crippen molar-refractivity contribution in [3.8, 4) is 0 Å². The molecule has 0 saturated heterocycles. The standard InChI is InChI=1S/C11H22N2O5S/c1-9(2)10(5-3-6-12)11(15)13(7-4-8-14)19(16,17)18/h14H,3-8,12H2,1-2H3,(H,16,17,18). The van der Waals surface area contributed by atoms with Gasteiger partial charge in [0.05, 0.1) is 0 Å². The first-order valence-electron chi connectivity index (χ1n) is 6.02. The monoisotopic (exact) mass is 294 g/mol. The van der Waals surface area contributed by atoms with Crippen LogP contribution >= 0.6 is 0 Å². The highest BCUT2D eigenvalue weighted by molar-refractivity contribution is 7.84. The zero-order valence-electron chi connectivity index (χ0n) is 11.3. The second-order valence-corrected chi connectivity index (χ2v) is 5.64. The summed E-state index contributed by atoms with van der Waals surface area (Å²) in [6.45, 7) is 3.24. The second kappa shape index (κ2) is 8.26. The summed E-state index contributed by atoms with van der Waals surface area (Å²) in [5, 5.41) is 8.71. The van der Waals surface area contributed by atoms with Crippen molar-refractivity contribution >= 4 is 16.2 Å². The van der Waals surface area contributed by atoms with Gasteiger partial charge in [-0.05, 0) is 39.7 Å². The molecule has 0 aromatic rings. The molecule has 0 rings (SSSR count). The highest BCUT2D eigenvalue weighted by Gasteiger charge is 2.27. The van der Waals surface area contributed by atoms with E-state index in [-0.39, 0.29) is 19.6 Å². The van der Waals surface area contributed by atoms with Gasteiger partial charge in [0.25, 0.3) is 5.91 Å². The van der Waals surface area contributed by atoms with E-state index in [9.17, 15) is 13.2 Å². The normalized spacial score (nSPS) is 11.2. The largest absolute Gasteiger partial charge is 0.396 e. The summed E-state index contributed by atoms with van der Waals surface area (Å²) in [6.07, 6.45) is 0.965. The number of nitrogens with zero attached hydrogens (tertiary/aromatic N) is 1. The van der Waals surface area contributed by atoms with Crippen molar-refractivity contribution in [1.29, 1.82) is 0 Å². The maximum absolute atomic E-state index is 12.1. The summed E-state index contributed by atoms with van der Waals surface area (Å²) in [4.78, 5) is 12.1. The average molecular weight is 294 g/mol. The first kappa shape index (κ1) is 18.0. The molecule has 0 aliphatic heterocycles. The third-order valence-electron chi connectivity index (χ3n) is 2.52. The predicted molar refractivity (Wildman–Crippen MR) is 71.6 cm³/mol. The molecule has 0 spiro atoms. The van der Waals surface area contributed by atoms with Crippen molar-refractivity contribution in [2.45, 2.75) is 33.1 Å². The summed E-state index contributed by atoms with van der Waals surface area (Å²) in [5.74, 6) is -0.760. The molecular weight excluding hydrogens is 272 g/mol. The topological polar surface area (TPSA) is 121 Å². The number of carbonyl (C=O) groups is 1. The Bertz CT molecular complexity index is 426. The molecule has 0 bridgehead atoms. The minimum atomic E-state index is -4.63. The molecule has 0 heterocycles. The Morgan fingerprint density at radius 3 is 2.21 bits per heavy atom. The van der Waals surface area contributed by atoms with Crippen LogP contribution in [0.1, 0.15) is 33.1 Å². The molecule has 19 heavy (non-hydrogen) atoms. The number of amides is 1. The number of hydrogen-bond donors (Lipinski definition) is 3. The van der Waals surface area contributed by atoms with Gasteiger partial charge in [0, 0.05) is 18.7 Å². The molecule has 0 saturated carbocycles. The Morgan fingerprint density at radius 1 is 1.26 bits per heavy atom. The van der Waals surface area contributed by atoms with Gasteiger partial charge in [-0.1, -0.05) is 5.57 Å². The van der Waals surface area contributed by atoms with Crippen LogP contribution in [0.15, 0.2) is 11.1 Å². The smallest absolute Gasteiger partial charge is 0.362 e. The number of nitrogens with two attached hydrogens (primary N) is 1. The first-order valence-corrected chi connectivity index (χ1v) is 7.42. The van der Waals surface area contributed by atoms with Crippen molar-refractivity contribution in [1.82, 2.24) is 4.31 Å². The quantitative estimate of drug-likeness (QED) is 0.430. The van der Waals surface area contributed by atoms with Gasteiger partial charge in [0.2, 0.25) is 0 Å². The number of carbonyl (C=O) groups excluding carboxylic acids is 1. The van der Waals surface area contributed by atoms with E-state index in [4.69, 9.17) is 15.4 Å². The average Bonchev–Trinajstić information content (AvgIpc) is 2.27. The Balaban J connectivity index is 5.21. The van der Waals surface area contributed by atoms with Crippen molar-refractivity contribution in [3.63, 3.8) is 0 Å². The summed E-state index contributed by atoms with van der Waals surface area (Å²) in [5.41, 5.74) is 6.37. The Hall–Kier alpha value is -0.960. The number of aliphatic hydroxyl groups is 1. The van der Waals surface area contributed by atoms with Crippen LogP contribution in [0.4, 0.5) is 0 Å². The Morgan fingerprint density at radius 2 is 1.84 bits per heavy atom. The minimum absolute atomic E-state index is 0.0679. The van der Waals surface area contributed by atoms with Crippen LogP contribution in [0.25, 0.3) is 0 Å². The summed E-state index contributed by atoms with van der Waals surface area (Å²) < 4.78 is 31.9. The van der Waals surface area contributed by atoms with Crippen LogP contribution in [-0.2, 0) is 15.1 Å². The predicted octanol–water partition coefficient (Wildman–Crippen LogP) is 0.0755. The summed E-state index contributed by atoms with van der Waals surface area (Å²) in [7, 11) is -4.63. The summed E-state index contributed by atoms with van der Waals surface area (Å²) in [6, 6.07) is 0. The van der Waals surface area contributed by atoms with E-state index >= 15 is 0 Å². The molecule has 112 valence electrons. The van der Waals surface area contributed by atoms with E-state index in [1.165, 1.54) is 0 Å². The Kier molecular flexibility index (Phi) is 7.84. The molecule has 0 fully saturated rings. The molecular formula is C11H22N2O5S. The summed E-state index contributed by atoms with van der Waals surface area (Å²) >= 11 is 0. The van der Waals surface area contributed by atoms with Gasteiger partial charge in [-0.25, -0.2) is 4.31 Å². The molecule has 0 aliphatic rings. The lowest BCUT2D eigenvalue weighted by Gasteiger charge is -2.21. The molecule has 1 amide bonds. The number of rotatable bonds is 8. The molecule has 4 N–H and O–H groups in total. The number of aliphatic hydroxyl groups excluding tert-OH is 1. The molecule has 0 radical (unpaired) electrons. The van der Waals surface area contributed by atoms with Crippen LogP contribution in [0.2, 0.25) is 0 Å². The van der Waals surface area contributed by atoms with Crippen LogP contribution < -0.4 is 5.73 Å². The van der Waals surface area contributed by atoms with Gasteiger partial charge in [0.1, 0.15) is 0 Å². The second-order valence-electron chi connectivity index (χ2n) is 4.30. The fourth-order valence-corrected chi connectivity index (χ4v) is 2.22. The SMILES string of the molecule is CC(C)=C(CCCN)C(=O)N(CCCO)S(=O)(=O)O. The van der Waals surface area contributed by atoms with Crippen molar-refractivity contribution in [3.05, 3.63) is 11.1 Å². The molecule has 0 atom stereocenters. The zero-order valence-corrected chi connectivity index (χ0v) is 12.1. The van der Waals surface area contributed by atoms with Gasteiger partial charge in [-0.15, -0.1) is 0 Å². The van der Waals surface area contributed by atoms with E-state index in [0.29, 0.717) is 34.8 Å². The molecule has 0 aromatic heterocycles. The van der Waals surface area contributed by atoms with Crippen LogP contribution in [0.3, 0.4) is 0 Å². The maximum Gasteiger partial charge on any atom is 0.362 e. The maximum atomic E-state index is 12.1. The lowest BCUT2D eigenvalue weighted by atomic mass is 10.0. The lowest BCUT2D eigenvalue weighted by molar-refractivity contribution is -0.123.